The first kappa shape index (κ1) is 14.0. The van der Waals surface area contributed by atoms with Gasteiger partial charge in [0.05, 0.1) is 6.54 Å². The number of carboxylic acids is 1. The van der Waals surface area contributed by atoms with Crippen LogP contribution in [0.3, 0.4) is 0 Å². The van der Waals surface area contributed by atoms with E-state index in [1.807, 2.05) is 30.3 Å². The Balaban J connectivity index is 2.28. The van der Waals surface area contributed by atoms with Crippen molar-refractivity contribution in [3.8, 4) is 0 Å². The minimum Gasteiger partial charge on any atom is -0.479 e. The molecule has 1 aromatic rings. The molecule has 6 nitrogen and oxygen atoms in total. The van der Waals surface area contributed by atoms with E-state index in [4.69, 9.17) is 9.84 Å². The average molecular weight is 253 g/mol. The van der Waals surface area contributed by atoms with E-state index in [-0.39, 0.29) is 13.2 Å². The fourth-order valence-corrected chi connectivity index (χ4v) is 1.22. The average Bonchev–Trinajstić information content (AvgIpc) is 2.38. The van der Waals surface area contributed by atoms with Crippen LogP contribution in [-0.4, -0.2) is 36.9 Å². The molecule has 2 N–H and O–H groups in total. The number of carbonyl (C=O) groups is 2. The van der Waals surface area contributed by atoms with Crippen LogP contribution in [0.25, 0.3) is 0 Å². The topological polar surface area (TPSA) is 84.9 Å². The maximum absolute atomic E-state index is 11.3. The Hall–Kier alpha value is -2.08. The number of amides is 1. The predicted molar refractivity (Wildman–Crippen MR) is 63.1 cm³/mol. The van der Waals surface area contributed by atoms with Crippen LogP contribution in [-0.2, 0) is 20.9 Å². The van der Waals surface area contributed by atoms with Crippen molar-refractivity contribution in [1.82, 2.24) is 5.32 Å². The van der Waals surface area contributed by atoms with Crippen LogP contribution in [0.5, 0.6) is 0 Å². The van der Waals surface area contributed by atoms with E-state index in [2.05, 4.69) is 10.1 Å². The molecule has 0 aliphatic carbocycles. The molecule has 0 heterocycles. The van der Waals surface area contributed by atoms with Crippen molar-refractivity contribution >= 4 is 12.1 Å². The van der Waals surface area contributed by atoms with E-state index in [9.17, 15) is 9.59 Å². The van der Waals surface area contributed by atoms with Gasteiger partial charge in [-0.05, 0) is 5.56 Å². The van der Waals surface area contributed by atoms with E-state index in [0.717, 1.165) is 5.56 Å². The fraction of sp³-hybridized carbons (Fsp3) is 0.333. The second kappa shape index (κ2) is 7.29. The lowest BCUT2D eigenvalue weighted by Crippen LogP contribution is -2.38. The Morgan fingerprint density at radius 2 is 2.00 bits per heavy atom. The Morgan fingerprint density at radius 3 is 2.56 bits per heavy atom. The van der Waals surface area contributed by atoms with Crippen molar-refractivity contribution in [1.29, 1.82) is 0 Å². The molecule has 0 aliphatic heterocycles. The second-order valence-corrected chi connectivity index (χ2v) is 3.51. The van der Waals surface area contributed by atoms with Crippen molar-refractivity contribution in [2.45, 2.75) is 12.7 Å². The third-order valence-corrected chi connectivity index (χ3v) is 2.20. The highest BCUT2D eigenvalue weighted by atomic mass is 16.5. The Bertz CT molecular complexity index is 393. The van der Waals surface area contributed by atoms with Gasteiger partial charge in [0.1, 0.15) is 6.61 Å². The number of benzene rings is 1. The van der Waals surface area contributed by atoms with Crippen molar-refractivity contribution in [2.24, 2.45) is 0 Å². The second-order valence-electron chi connectivity index (χ2n) is 3.51. The normalized spacial score (nSPS) is 11.6. The lowest BCUT2D eigenvalue weighted by molar-refractivity contribution is -0.148. The first-order valence-corrected chi connectivity index (χ1v) is 5.33. The molecule has 0 saturated carbocycles. The van der Waals surface area contributed by atoms with Gasteiger partial charge in [-0.1, -0.05) is 30.3 Å². The smallest absolute Gasteiger partial charge is 0.407 e. The first-order valence-electron chi connectivity index (χ1n) is 5.33. The molecule has 6 heteroatoms. The fourth-order valence-electron chi connectivity index (χ4n) is 1.22. The van der Waals surface area contributed by atoms with Crippen molar-refractivity contribution < 1.29 is 24.2 Å². The zero-order valence-corrected chi connectivity index (χ0v) is 9.96. The Kier molecular flexibility index (Phi) is 5.66. The number of aliphatic carboxylic acids is 1. The highest BCUT2D eigenvalue weighted by molar-refractivity contribution is 5.74. The molecule has 98 valence electrons. The van der Waals surface area contributed by atoms with Crippen LogP contribution in [0.1, 0.15) is 5.56 Å². The minimum absolute atomic E-state index is 0.136. The number of methoxy groups -OCH3 is 1. The summed E-state index contributed by atoms with van der Waals surface area (Å²) in [6.07, 6.45) is -1.75. The summed E-state index contributed by atoms with van der Waals surface area (Å²) in [6, 6.07) is 9.18. The standard InChI is InChI=1S/C12H15NO5/c1-17-10(11(14)15)7-13-12(16)18-8-9-5-3-2-4-6-9/h2-6,10H,7-8H2,1H3,(H,13,16)(H,14,15)/t10-/m0/s1. The van der Waals surface area contributed by atoms with Crippen molar-refractivity contribution in [3.05, 3.63) is 35.9 Å². The van der Waals surface area contributed by atoms with Crippen molar-refractivity contribution in [2.75, 3.05) is 13.7 Å². The zero-order chi connectivity index (χ0) is 13.4. The molecule has 0 radical (unpaired) electrons. The molecule has 0 unspecified atom stereocenters. The molecule has 1 aromatic carbocycles. The van der Waals surface area contributed by atoms with Gasteiger partial charge in [0, 0.05) is 7.11 Å². The van der Waals surface area contributed by atoms with Gasteiger partial charge in [-0.3, -0.25) is 0 Å². The summed E-state index contributed by atoms with van der Waals surface area (Å²) >= 11 is 0. The monoisotopic (exact) mass is 253 g/mol. The molecule has 0 aliphatic rings. The number of nitrogens with one attached hydrogen (secondary N) is 1. The molecule has 1 amide bonds. The molecule has 0 bridgehead atoms. The van der Waals surface area contributed by atoms with Gasteiger partial charge in [0.2, 0.25) is 0 Å². The van der Waals surface area contributed by atoms with Crippen LogP contribution in [0.2, 0.25) is 0 Å². The number of carbonyl (C=O) groups excluding carboxylic acids is 1. The summed E-state index contributed by atoms with van der Waals surface area (Å²) in [5.41, 5.74) is 0.856. The van der Waals surface area contributed by atoms with Gasteiger partial charge < -0.3 is 19.9 Å². The number of rotatable bonds is 6. The van der Waals surface area contributed by atoms with E-state index >= 15 is 0 Å². The van der Waals surface area contributed by atoms with Crippen LogP contribution in [0.4, 0.5) is 4.79 Å². The number of alkyl carbamates (subject to hydrolysis) is 1. The summed E-state index contributed by atoms with van der Waals surface area (Å²) in [7, 11) is 1.26. The lowest BCUT2D eigenvalue weighted by Gasteiger charge is -2.11. The lowest BCUT2D eigenvalue weighted by atomic mass is 10.2. The summed E-state index contributed by atoms with van der Waals surface area (Å²) in [5, 5.41) is 11.0. The summed E-state index contributed by atoms with van der Waals surface area (Å²) in [5.74, 6) is -1.14. The van der Waals surface area contributed by atoms with Gasteiger partial charge in [0.15, 0.2) is 6.10 Å². The summed E-state index contributed by atoms with van der Waals surface area (Å²) < 4.78 is 9.56. The van der Waals surface area contributed by atoms with Crippen LogP contribution < -0.4 is 5.32 Å². The van der Waals surface area contributed by atoms with Crippen LogP contribution in [0, 0.1) is 0 Å². The number of hydrogen-bond acceptors (Lipinski definition) is 4. The predicted octanol–water partition coefficient (Wildman–Crippen LogP) is 1.01. The molecule has 18 heavy (non-hydrogen) atoms. The highest BCUT2D eigenvalue weighted by Gasteiger charge is 2.17. The minimum atomic E-state index is -1.14. The quantitative estimate of drug-likeness (QED) is 0.790. The summed E-state index contributed by atoms with van der Waals surface area (Å²) in [4.78, 5) is 21.9. The van der Waals surface area contributed by atoms with Crippen molar-refractivity contribution in [3.63, 3.8) is 0 Å². The molecule has 0 aromatic heterocycles. The van der Waals surface area contributed by atoms with E-state index < -0.39 is 18.2 Å². The Morgan fingerprint density at radius 1 is 1.33 bits per heavy atom. The molecule has 0 spiro atoms. The highest BCUT2D eigenvalue weighted by Crippen LogP contribution is 2.00. The molecular formula is C12H15NO5. The number of hydrogen-bond donors (Lipinski definition) is 2. The maximum Gasteiger partial charge on any atom is 0.407 e. The zero-order valence-electron chi connectivity index (χ0n) is 9.96. The third kappa shape index (κ3) is 4.84. The molecule has 1 atom stereocenters. The van der Waals surface area contributed by atoms with Gasteiger partial charge in [-0.2, -0.15) is 0 Å². The van der Waals surface area contributed by atoms with Gasteiger partial charge in [-0.25, -0.2) is 9.59 Å². The first-order chi connectivity index (χ1) is 8.63. The van der Waals surface area contributed by atoms with Gasteiger partial charge in [-0.15, -0.1) is 0 Å². The SMILES string of the molecule is CO[C@@H](CNC(=O)OCc1ccccc1)C(=O)O. The van der Waals surface area contributed by atoms with Gasteiger partial charge in [0.25, 0.3) is 0 Å². The summed E-state index contributed by atoms with van der Waals surface area (Å²) in [6.45, 7) is -0.00313. The molecule has 1 rings (SSSR count). The molecular weight excluding hydrogens is 238 g/mol. The number of ether oxygens (including phenoxy) is 2. The maximum atomic E-state index is 11.3. The van der Waals surface area contributed by atoms with Crippen LogP contribution >= 0.6 is 0 Å². The molecule has 0 fully saturated rings. The van der Waals surface area contributed by atoms with Gasteiger partial charge >= 0.3 is 12.1 Å². The third-order valence-electron chi connectivity index (χ3n) is 2.20. The van der Waals surface area contributed by atoms with Crippen LogP contribution in [0.15, 0.2) is 30.3 Å². The Labute approximate surface area is 105 Å². The van der Waals surface area contributed by atoms with E-state index in [0.29, 0.717) is 0 Å². The number of carboxylic acid groups (broad SMARTS) is 1. The van der Waals surface area contributed by atoms with E-state index in [1.54, 1.807) is 0 Å². The van der Waals surface area contributed by atoms with E-state index in [1.165, 1.54) is 7.11 Å². The largest absolute Gasteiger partial charge is 0.479 e. The molecule has 0 saturated heterocycles.